The number of aromatic nitrogens is 1. The first-order valence-corrected chi connectivity index (χ1v) is 8.05. The Hall–Kier alpha value is -3.01. The minimum atomic E-state index is -4.31. The van der Waals surface area contributed by atoms with Crippen molar-refractivity contribution in [1.82, 2.24) is 4.57 Å². The summed E-state index contributed by atoms with van der Waals surface area (Å²) in [6.07, 6.45) is 0. The van der Waals surface area contributed by atoms with Crippen molar-refractivity contribution in [3.05, 3.63) is 62.6 Å². The van der Waals surface area contributed by atoms with E-state index in [0.29, 0.717) is 4.57 Å². The van der Waals surface area contributed by atoms with Crippen molar-refractivity contribution in [2.75, 3.05) is 0 Å². The third-order valence-corrected chi connectivity index (χ3v) is 5.05. The summed E-state index contributed by atoms with van der Waals surface area (Å²) in [7, 11) is -4.31. The number of carboxylic acids is 1. The van der Waals surface area contributed by atoms with E-state index >= 15 is 0 Å². The van der Waals surface area contributed by atoms with Crippen molar-refractivity contribution < 1.29 is 23.2 Å². The second-order valence-electron chi connectivity index (χ2n) is 4.86. The van der Waals surface area contributed by atoms with Crippen LogP contribution in [0.25, 0.3) is 0 Å². The smallest absolute Gasteiger partial charge is 0.353 e. The zero-order chi connectivity index (χ0) is 18.1. The first-order chi connectivity index (χ1) is 11.2. The van der Waals surface area contributed by atoms with Gasteiger partial charge in [-0.15, -0.1) is 0 Å². The van der Waals surface area contributed by atoms with Gasteiger partial charge >= 0.3 is 17.2 Å². The second kappa shape index (κ2) is 6.24. The summed E-state index contributed by atoms with van der Waals surface area (Å²) in [4.78, 5) is 32.2. The number of carbonyl (C=O) groups is 1. The van der Waals surface area contributed by atoms with Gasteiger partial charge in [-0.05, 0) is 25.1 Å². The molecule has 0 aliphatic heterocycles. The quantitative estimate of drug-likeness (QED) is 0.625. The molecule has 0 spiro atoms. The average Bonchev–Trinajstić information content (AvgIpc) is 2.51. The lowest BCUT2D eigenvalue weighted by atomic mass is 10.3. The number of nitro groups is 1. The number of rotatable bonds is 5. The van der Waals surface area contributed by atoms with Crippen LogP contribution in [0.3, 0.4) is 0 Å². The molecular weight excluding hydrogens is 340 g/mol. The third kappa shape index (κ3) is 3.04. The van der Waals surface area contributed by atoms with Gasteiger partial charge in [-0.25, -0.2) is 8.42 Å². The minimum Gasteiger partial charge on any atom is -0.480 e. The molecule has 0 amide bonds. The number of pyridine rings is 1. The standard InChI is InChI=1S/C14H12N2O7S/c1-9-7-11(24(22,23)10-5-3-2-4-6-10)13(16(20)21)14(19)15(9)8-12(17)18/h2-7H,8H2,1H3,(H,17,18). The predicted octanol–water partition coefficient (Wildman–Crippen LogP) is 0.982. The van der Waals surface area contributed by atoms with Crippen LogP contribution in [0, 0.1) is 17.0 Å². The maximum absolute atomic E-state index is 12.6. The van der Waals surface area contributed by atoms with Gasteiger partial charge in [0.25, 0.3) is 0 Å². The van der Waals surface area contributed by atoms with Gasteiger partial charge < -0.3 is 5.11 Å². The molecule has 126 valence electrons. The molecule has 24 heavy (non-hydrogen) atoms. The van der Waals surface area contributed by atoms with Crippen LogP contribution in [-0.4, -0.2) is 29.0 Å². The van der Waals surface area contributed by atoms with E-state index in [2.05, 4.69) is 0 Å². The van der Waals surface area contributed by atoms with Crippen LogP contribution in [0.5, 0.6) is 0 Å². The molecule has 2 rings (SSSR count). The van der Waals surface area contributed by atoms with Gasteiger partial charge in [0, 0.05) is 5.69 Å². The number of hydrogen-bond donors (Lipinski definition) is 1. The lowest BCUT2D eigenvalue weighted by molar-refractivity contribution is -0.389. The van der Waals surface area contributed by atoms with Crippen LogP contribution in [0.1, 0.15) is 5.69 Å². The molecule has 0 atom stereocenters. The van der Waals surface area contributed by atoms with Gasteiger partial charge in [-0.2, -0.15) is 0 Å². The lowest BCUT2D eigenvalue weighted by Crippen LogP contribution is -2.29. The summed E-state index contributed by atoms with van der Waals surface area (Å²) in [5.41, 5.74) is -2.47. The normalized spacial score (nSPS) is 11.2. The van der Waals surface area contributed by atoms with E-state index in [1.54, 1.807) is 6.07 Å². The van der Waals surface area contributed by atoms with Crippen LogP contribution in [0.15, 0.2) is 51.0 Å². The highest BCUT2D eigenvalue weighted by Crippen LogP contribution is 2.27. The Bertz CT molecular complexity index is 978. The third-order valence-electron chi connectivity index (χ3n) is 3.27. The highest BCUT2D eigenvalue weighted by molar-refractivity contribution is 7.91. The highest BCUT2D eigenvalue weighted by atomic mass is 32.2. The molecule has 0 radical (unpaired) electrons. The molecule has 0 saturated heterocycles. The van der Waals surface area contributed by atoms with Crippen LogP contribution in [0.4, 0.5) is 5.69 Å². The topological polar surface area (TPSA) is 137 Å². The van der Waals surface area contributed by atoms with E-state index in [4.69, 9.17) is 5.11 Å². The Morgan fingerprint density at radius 3 is 2.38 bits per heavy atom. The molecule has 10 heteroatoms. The highest BCUT2D eigenvalue weighted by Gasteiger charge is 2.33. The summed E-state index contributed by atoms with van der Waals surface area (Å²) in [5, 5.41) is 20.1. The second-order valence-corrected chi connectivity index (χ2v) is 6.78. The van der Waals surface area contributed by atoms with Crippen molar-refractivity contribution in [2.24, 2.45) is 0 Å². The number of sulfone groups is 1. The number of aliphatic carboxylic acids is 1. The van der Waals surface area contributed by atoms with Crippen molar-refractivity contribution in [3.63, 3.8) is 0 Å². The summed E-state index contributed by atoms with van der Waals surface area (Å²) in [6, 6.07) is 7.89. The summed E-state index contributed by atoms with van der Waals surface area (Å²) in [6.45, 7) is 0.495. The van der Waals surface area contributed by atoms with Crippen molar-refractivity contribution in [2.45, 2.75) is 23.3 Å². The summed E-state index contributed by atoms with van der Waals surface area (Å²) in [5.74, 6) is -1.38. The Kier molecular flexibility index (Phi) is 4.51. The van der Waals surface area contributed by atoms with Gasteiger partial charge in [0.05, 0.1) is 9.82 Å². The van der Waals surface area contributed by atoms with E-state index in [1.165, 1.54) is 31.2 Å². The molecule has 0 bridgehead atoms. The van der Waals surface area contributed by atoms with Crippen molar-refractivity contribution in [1.29, 1.82) is 0 Å². The predicted molar refractivity (Wildman–Crippen MR) is 81.6 cm³/mol. The van der Waals surface area contributed by atoms with E-state index < -0.39 is 43.4 Å². The largest absolute Gasteiger partial charge is 0.480 e. The number of nitrogens with zero attached hydrogens (tertiary/aromatic N) is 2. The number of carboxylic acid groups (broad SMARTS) is 1. The number of hydrogen-bond acceptors (Lipinski definition) is 6. The monoisotopic (exact) mass is 352 g/mol. The first kappa shape index (κ1) is 17.3. The molecule has 1 aromatic heterocycles. The fraction of sp³-hybridized carbons (Fsp3) is 0.143. The molecule has 1 aromatic carbocycles. The van der Waals surface area contributed by atoms with Crippen molar-refractivity contribution in [3.8, 4) is 0 Å². The van der Waals surface area contributed by atoms with Gasteiger partial charge in [0.2, 0.25) is 9.84 Å². The fourth-order valence-electron chi connectivity index (χ4n) is 2.16. The van der Waals surface area contributed by atoms with E-state index in [0.717, 1.165) is 6.07 Å². The lowest BCUT2D eigenvalue weighted by Gasteiger charge is -2.11. The van der Waals surface area contributed by atoms with Gasteiger partial charge in [0.1, 0.15) is 6.54 Å². The van der Waals surface area contributed by atoms with Crippen LogP contribution < -0.4 is 5.56 Å². The number of benzene rings is 1. The van der Waals surface area contributed by atoms with Crippen LogP contribution in [-0.2, 0) is 21.2 Å². The molecule has 0 aliphatic rings. The van der Waals surface area contributed by atoms with Crippen molar-refractivity contribution >= 4 is 21.5 Å². The summed E-state index contributed by atoms with van der Waals surface area (Å²) < 4.78 is 25.9. The van der Waals surface area contributed by atoms with Gasteiger partial charge in [0.15, 0.2) is 4.90 Å². The maximum Gasteiger partial charge on any atom is 0.353 e. The Balaban J connectivity index is 2.83. The molecule has 0 aliphatic carbocycles. The molecule has 1 heterocycles. The zero-order valence-corrected chi connectivity index (χ0v) is 13.2. The maximum atomic E-state index is 12.6. The van der Waals surface area contributed by atoms with Crippen LogP contribution >= 0.6 is 0 Å². The molecule has 2 aromatic rings. The molecule has 0 unspecified atom stereocenters. The van der Waals surface area contributed by atoms with E-state index in [1.807, 2.05) is 0 Å². The minimum absolute atomic E-state index is 0.0116. The van der Waals surface area contributed by atoms with E-state index in [-0.39, 0.29) is 10.6 Å². The zero-order valence-electron chi connectivity index (χ0n) is 12.4. The molecular formula is C14H12N2O7S. The SMILES string of the molecule is Cc1cc(S(=O)(=O)c2ccccc2)c([N+](=O)[O-])c(=O)n1CC(=O)O. The fourth-order valence-corrected chi connectivity index (χ4v) is 3.67. The van der Waals surface area contributed by atoms with Gasteiger partial charge in [-0.3, -0.25) is 24.3 Å². The Labute approximate surface area is 135 Å². The Morgan fingerprint density at radius 2 is 1.88 bits per heavy atom. The number of aryl methyl sites for hydroxylation is 1. The molecule has 9 nitrogen and oxygen atoms in total. The van der Waals surface area contributed by atoms with E-state index in [9.17, 15) is 28.1 Å². The van der Waals surface area contributed by atoms with Gasteiger partial charge in [-0.1, -0.05) is 18.2 Å². The summed E-state index contributed by atoms with van der Waals surface area (Å²) >= 11 is 0. The van der Waals surface area contributed by atoms with Crippen LogP contribution in [0.2, 0.25) is 0 Å². The average molecular weight is 352 g/mol. The molecule has 1 N–H and O–H groups in total. The Morgan fingerprint density at radius 1 is 1.29 bits per heavy atom. The molecule has 0 fully saturated rings. The molecule has 0 saturated carbocycles. The first-order valence-electron chi connectivity index (χ1n) is 6.57.